The predicted octanol–water partition coefficient (Wildman–Crippen LogP) is 2.45. The van der Waals surface area contributed by atoms with Crippen molar-refractivity contribution in [1.82, 2.24) is 14.5 Å². The van der Waals surface area contributed by atoms with Crippen LogP contribution in [0, 0.1) is 10.1 Å². The third-order valence-electron chi connectivity index (χ3n) is 3.19. The van der Waals surface area contributed by atoms with Crippen molar-refractivity contribution in [3.63, 3.8) is 0 Å². The molecule has 0 unspecified atom stereocenters. The van der Waals surface area contributed by atoms with E-state index in [4.69, 9.17) is 0 Å². The van der Waals surface area contributed by atoms with Crippen molar-refractivity contribution >= 4 is 22.3 Å². The first kappa shape index (κ1) is 13.0. The van der Waals surface area contributed by atoms with Gasteiger partial charge in [0.15, 0.2) is 0 Å². The van der Waals surface area contributed by atoms with E-state index in [1.54, 1.807) is 30.9 Å². The van der Waals surface area contributed by atoms with Gasteiger partial charge < -0.3 is 9.88 Å². The van der Waals surface area contributed by atoms with E-state index in [-0.39, 0.29) is 5.69 Å². The highest BCUT2D eigenvalue weighted by atomic mass is 16.6. The molecule has 0 amide bonds. The smallest absolute Gasteiger partial charge is 0.295 e. The molecule has 3 rings (SSSR count). The fraction of sp³-hybridized carbons (Fsp3) is 0.143. The molecule has 0 aliphatic rings. The van der Waals surface area contributed by atoms with E-state index in [1.165, 1.54) is 6.07 Å². The number of rotatable bonds is 5. The average Bonchev–Trinajstić information content (AvgIpc) is 3.00. The van der Waals surface area contributed by atoms with E-state index in [1.807, 2.05) is 16.8 Å². The number of fused-ring (bicyclic) bond motifs is 1. The Balaban J connectivity index is 1.85. The lowest BCUT2D eigenvalue weighted by molar-refractivity contribution is -0.383. The maximum atomic E-state index is 11.0. The Morgan fingerprint density at radius 1 is 1.29 bits per heavy atom. The Bertz CT molecular complexity index is 770. The van der Waals surface area contributed by atoms with E-state index < -0.39 is 4.92 Å². The highest BCUT2D eigenvalue weighted by molar-refractivity contribution is 5.96. The summed E-state index contributed by atoms with van der Waals surface area (Å²) in [5.74, 6) is 0. The molecule has 3 aromatic rings. The molecule has 0 fully saturated rings. The van der Waals surface area contributed by atoms with Crippen molar-refractivity contribution in [2.75, 3.05) is 11.9 Å². The summed E-state index contributed by atoms with van der Waals surface area (Å²) in [6, 6.07) is 6.80. The molecule has 7 nitrogen and oxygen atoms in total. The van der Waals surface area contributed by atoms with Crippen molar-refractivity contribution < 1.29 is 4.92 Å². The largest absolute Gasteiger partial charge is 0.383 e. The van der Waals surface area contributed by atoms with Gasteiger partial charge in [-0.3, -0.25) is 10.1 Å². The minimum Gasteiger partial charge on any atom is -0.383 e. The SMILES string of the molecule is O=[N+]([O-])c1ccc(NCCn2ccnc2)c2cccnc12. The second kappa shape index (κ2) is 5.58. The van der Waals surface area contributed by atoms with Crippen LogP contribution in [0.15, 0.2) is 49.2 Å². The minimum atomic E-state index is -0.412. The lowest BCUT2D eigenvalue weighted by atomic mass is 10.1. The number of benzene rings is 1. The Hall–Kier alpha value is -2.96. The maximum Gasteiger partial charge on any atom is 0.295 e. The van der Waals surface area contributed by atoms with E-state index in [2.05, 4.69) is 15.3 Å². The van der Waals surface area contributed by atoms with Gasteiger partial charge in [0.2, 0.25) is 0 Å². The molecule has 0 spiro atoms. The lowest BCUT2D eigenvalue weighted by Crippen LogP contribution is -2.09. The van der Waals surface area contributed by atoms with Crippen molar-refractivity contribution in [1.29, 1.82) is 0 Å². The highest BCUT2D eigenvalue weighted by Crippen LogP contribution is 2.29. The van der Waals surface area contributed by atoms with Crippen LogP contribution in [0.2, 0.25) is 0 Å². The molecular formula is C14H13N5O2. The van der Waals surface area contributed by atoms with E-state index in [9.17, 15) is 10.1 Å². The van der Waals surface area contributed by atoms with Crippen LogP contribution in [0.4, 0.5) is 11.4 Å². The van der Waals surface area contributed by atoms with Crippen LogP contribution < -0.4 is 5.32 Å². The van der Waals surface area contributed by atoms with Crippen LogP contribution in [0.1, 0.15) is 0 Å². The molecule has 7 heteroatoms. The Morgan fingerprint density at radius 3 is 2.95 bits per heavy atom. The Morgan fingerprint density at radius 2 is 2.19 bits per heavy atom. The van der Waals surface area contributed by atoms with Gasteiger partial charge in [0.1, 0.15) is 5.52 Å². The molecule has 0 aliphatic carbocycles. The normalized spacial score (nSPS) is 10.7. The van der Waals surface area contributed by atoms with Gasteiger partial charge in [-0.2, -0.15) is 0 Å². The average molecular weight is 283 g/mol. The van der Waals surface area contributed by atoms with Crippen LogP contribution in [0.3, 0.4) is 0 Å². The summed E-state index contributed by atoms with van der Waals surface area (Å²) in [6.45, 7) is 1.46. The van der Waals surface area contributed by atoms with Crippen molar-refractivity contribution in [2.24, 2.45) is 0 Å². The number of imidazole rings is 1. The quantitative estimate of drug-likeness (QED) is 0.574. The van der Waals surface area contributed by atoms with E-state index in [0.29, 0.717) is 12.1 Å². The topological polar surface area (TPSA) is 85.9 Å². The van der Waals surface area contributed by atoms with Crippen molar-refractivity contribution in [3.05, 3.63) is 59.3 Å². The monoisotopic (exact) mass is 283 g/mol. The van der Waals surface area contributed by atoms with Gasteiger partial charge in [0, 0.05) is 48.8 Å². The van der Waals surface area contributed by atoms with Gasteiger partial charge >= 0.3 is 0 Å². The van der Waals surface area contributed by atoms with Crippen molar-refractivity contribution in [2.45, 2.75) is 6.54 Å². The van der Waals surface area contributed by atoms with Gasteiger partial charge in [-0.15, -0.1) is 0 Å². The third kappa shape index (κ3) is 2.66. The van der Waals surface area contributed by atoms with Gasteiger partial charge in [-0.05, 0) is 18.2 Å². The highest BCUT2D eigenvalue weighted by Gasteiger charge is 2.14. The predicted molar refractivity (Wildman–Crippen MR) is 79.1 cm³/mol. The Kier molecular flexibility index (Phi) is 3.46. The summed E-state index contributed by atoms with van der Waals surface area (Å²) in [5.41, 5.74) is 1.25. The van der Waals surface area contributed by atoms with E-state index in [0.717, 1.165) is 17.6 Å². The van der Waals surface area contributed by atoms with Crippen LogP contribution in [-0.2, 0) is 6.54 Å². The third-order valence-corrected chi connectivity index (χ3v) is 3.19. The number of nitro benzene ring substituents is 1. The molecule has 0 radical (unpaired) electrons. The molecule has 106 valence electrons. The summed E-state index contributed by atoms with van der Waals surface area (Å²) in [7, 11) is 0. The number of pyridine rings is 1. The lowest BCUT2D eigenvalue weighted by Gasteiger charge is -2.10. The van der Waals surface area contributed by atoms with Gasteiger partial charge in [-0.25, -0.2) is 9.97 Å². The molecule has 1 aromatic carbocycles. The van der Waals surface area contributed by atoms with Gasteiger partial charge in [0.25, 0.3) is 5.69 Å². The molecular weight excluding hydrogens is 270 g/mol. The molecule has 0 aliphatic heterocycles. The number of hydrogen-bond acceptors (Lipinski definition) is 5. The molecule has 2 aromatic heterocycles. The standard InChI is InChI=1S/C14H13N5O2/c20-19(21)13-4-3-12(11-2-1-5-17-14(11)13)16-7-9-18-8-6-15-10-18/h1-6,8,10,16H,7,9H2. The summed E-state index contributed by atoms with van der Waals surface area (Å²) in [5, 5.41) is 15.1. The number of nitro groups is 1. The molecule has 0 atom stereocenters. The second-order valence-electron chi connectivity index (χ2n) is 4.52. The van der Waals surface area contributed by atoms with Gasteiger partial charge in [-0.1, -0.05) is 0 Å². The second-order valence-corrected chi connectivity index (χ2v) is 4.52. The summed E-state index contributed by atoms with van der Waals surface area (Å²) in [4.78, 5) is 18.7. The van der Waals surface area contributed by atoms with Crippen LogP contribution in [0.25, 0.3) is 10.9 Å². The minimum absolute atomic E-state index is 0.0192. The fourth-order valence-corrected chi connectivity index (χ4v) is 2.20. The molecule has 0 bridgehead atoms. The molecule has 1 N–H and O–H groups in total. The van der Waals surface area contributed by atoms with Gasteiger partial charge in [0.05, 0.1) is 11.3 Å². The number of non-ortho nitro benzene ring substituents is 1. The van der Waals surface area contributed by atoms with Crippen molar-refractivity contribution in [3.8, 4) is 0 Å². The number of anilines is 1. The van der Waals surface area contributed by atoms with E-state index >= 15 is 0 Å². The molecule has 0 saturated heterocycles. The van der Waals surface area contributed by atoms with Crippen LogP contribution in [-0.4, -0.2) is 26.0 Å². The number of hydrogen-bond donors (Lipinski definition) is 1. The number of nitrogens with one attached hydrogen (secondary N) is 1. The molecule has 0 saturated carbocycles. The first-order chi connectivity index (χ1) is 10.3. The van der Waals surface area contributed by atoms with Crippen LogP contribution in [0.5, 0.6) is 0 Å². The summed E-state index contributed by atoms with van der Waals surface area (Å²) in [6.07, 6.45) is 6.92. The zero-order valence-corrected chi connectivity index (χ0v) is 11.1. The molecule has 2 heterocycles. The summed E-state index contributed by atoms with van der Waals surface area (Å²) < 4.78 is 1.96. The van der Waals surface area contributed by atoms with Crippen LogP contribution >= 0.6 is 0 Å². The first-order valence-corrected chi connectivity index (χ1v) is 6.47. The number of aromatic nitrogens is 3. The zero-order valence-electron chi connectivity index (χ0n) is 11.1. The summed E-state index contributed by atoms with van der Waals surface area (Å²) >= 11 is 0. The first-order valence-electron chi connectivity index (χ1n) is 6.47. The Labute approximate surface area is 120 Å². The fourth-order valence-electron chi connectivity index (χ4n) is 2.20. The molecule has 21 heavy (non-hydrogen) atoms. The number of nitrogens with zero attached hydrogens (tertiary/aromatic N) is 4. The maximum absolute atomic E-state index is 11.0. The zero-order chi connectivity index (χ0) is 14.7.